The van der Waals surface area contributed by atoms with Gasteiger partial charge in [0.2, 0.25) is 0 Å². The quantitative estimate of drug-likeness (QED) is 0.166. The molecule has 1 heterocycles. The summed E-state index contributed by atoms with van der Waals surface area (Å²) in [5.74, 6) is 0. The van der Waals surface area contributed by atoms with Crippen LogP contribution < -0.4 is 4.90 Å². The van der Waals surface area contributed by atoms with Crippen LogP contribution in [0.15, 0.2) is 217 Å². The van der Waals surface area contributed by atoms with Gasteiger partial charge in [0.25, 0.3) is 0 Å². The molecule has 10 aromatic rings. The highest BCUT2D eigenvalue weighted by Gasteiger charge is 2.23. The first-order chi connectivity index (χ1) is 26.8. The van der Waals surface area contributed by atoms with Crippen LogP contribution >= 0.6 is 0 Å². The molecule has 0 aliphatic heterocycles. The van der Waals surface area contributed by atoms with E-state index < -0.39 is 0 Å². The molecule has 0 aliphatic carbocycles. The Hall–Kier alpha value is -7.16. The van der Waals surface area contributed by atoms with Crippen molar-refractivity contribution >= 4 is 49.8 Å². The van der Waals surface area contributed by atoms with Crippen molar-refractivity contribution in [1.29, 1.82) is 0 Å². The maximum absolute atomic E-state index is 7.07. The summed E-state index contributed by atoms with van der Waals surface area (Å²) in [6.45, 7) is 0. The second kappa shape index (κ2) is 13.4. The molecule has 54 heavy (non-hydrogen) atoms. The lowest BCUT2D eigenvalue weighted by Crippen LogP contribution is -2.10. The summed E-state index contributed by atoms with van der Waals surface area (Å²) >= 11 is 0. The van der Waals surface area contributed by atoms with Crippen LogP contribution in [0, 0.1) is 0 Å². The predicted octanol–water partition coefficient (Wildman–Crippen LogP) is 14.9. The van der Waals surface area contributed by atoms with E-state index in [0.717, 1.165) is 72.0 Å². The Morgan fingerprint density at radius 3 is 1.22 bits per heavy atom. The van der Waals surface area contributed by atoms with E-state index in [-0.39, 0.29) is 0 Å². The number of furan rings is 1. The van der Waals surface area contributed by atoms with Gasteiger partial charge < -0.3 is 9.32 Å². The minimum Gasteiger partial charge on any atom is -0.455 e. The zero-order valence-corrected chi connectivity index (χ0v) is 29.6. The molecule has 2 nitrogen and oxygen atoms in total. The fraction of sp³-hybridized carbons (Fsp3) is 0. The van der Waals surface area contributed by atoms with E-state index in [1.807, 2.05) is 0 Å². The number of hydrogen-bond acceptors (Lipinski definition) is 2. The molecule has 0 unspecified atom stereocenters. The number of fused-ring (bicyclic) bond motifs is 5. The van der Waals surface area contributed by atoms with Crippen molar-refractivity contribution < 1.29 is 4.42 Å². The lowest BCUT2D eigenvalue weighted by atomic mass is 9.93. The highest BCUT2D eigenvalue weighted by molar-refractivity contribution is 6.24. The second-order valence-corrected chi connectivity index (χ2v) is 13.7. The zero-order valence-electron chi connectivity index (χ0n) is 29.6. The van der Waals surface area contributed by atoms with Gasteiger partial charge in [0.05, 0.1) is 5.69 Å². The largest absolute Gasteiger partial charge is 0.455 e. The topological polar surface area (TPSA) is 16.4 Å². The number of rotatable bonds is 7. The molecule has 0 spiro atoms. The third kappa shape index (κ3) is 5.53. The normalized spacial score (nSPS) is 11.3. The minimum absolute atomic E-state index is 0.892. The van der Waals surface area contributed by atoms with Gasteiger partial charge in [-0.15, -0.1) is 0 Å². The smallest absolute Gasteiger partial charge is 0.143 e. The summed E-state index contributed by atoms with van der Waals surface area (Å²) in [7, 11) is 0. The van der Waals surface area contributed by atoms with Gasteiger partial charge >= 0.3 is 0 Å². The molecule has 0 N–H and O–H groups in total. The molecule has 2 heteroatoms. The summed E-state index contributed by atoms with van der Waals surface area (Å²) in [6.07, 6.45) is 0. The minimum atomic E-state index is 0.892. The maximum Gasteiger partial charge on any atom is 0.143 e. The fourth-order valence-electron chi connectivity index (χ4n) is 7.87. The molecule has 1 aromatic heterocycles. The molecular weight excluding hydrogens is 655 g/mol. The molecule has 10 rings (SSSR count). The van der Waals surface area contributed by atoms with Crippen molar-refractivity contribution in [3.05, 3.63) is 212 Å². The Bertz CT molecular complexity index is 2800. The van der Waals surface area contributed by atoms with E-state index in [0.29, 0.717) is 0 Å². The van der Waals surface area contributed by atoms with Crippen molar-refractivity contribution in [3.8, 4) is 44.5 Å². The molecule has 0 saturated heterocycles. The average Bonchev–Trinajstić information content (AvgIpc) is 3.65. The first kappa shape index (κ1) is 31.6. The molecule has 0 fully saturated rings. The van der Waals surface area contributed by atoms with Crippen molar-refractivity contribution in [1.82, 2.24) is 0 Å². The van der Waals surface area contributed by atoms with E-state index in [4.69, 9.17) is 4.42 Å². The second-order valence-electron chi connectivity index (χ2n) is 13.7. The van der Waals surface area contributed by atoms with Crippen LogP contribution in [0.4, 0.5) is 17.1 Å². The molecule has 0 amide bonds. The Labute approximate surface area is 314 Å². The van der Waals surface area contributed by atoms with Crippen LogP contribution in [0.1, 0.15) is 0 Å². The van der Waals surface area contributed by atoms with Crippen LogP contribution in [0.3, 0.4) is 0 Å². The van der Waals surface area contributed by atoms with Gasteiger partial charge in [-0.2, -0.15) is 0 Å². The van der Waals surface area contributed by atoms with Gasteiger partial charge in [-0.05, 0) is 75.3 Å². The number of nitrogens with zero attached hydrogens (tertiary/aromatic N) is 1. The van der Waals surface area contributed by atoms with Crippen LogP contribution in [0.2, 0.25) is 0 Å². The molecule has 254 valence electrons. The Morgan fingerprint density at radius 1 is 0.296 bits per heavy atom. The van der Waals surface area contributed by atoms with Gasteiger partial charge in [-0.25, -0.2) is 0 Å². The van der Waals surface area contributed by atoms with Gasteiger partial charge in [-0.1, -0.05) is 176 Å². The maximum atomic E-state index is 7.07. The van der Waals surface area contributed by atoms with E-state index in [1.165, 1.54) is 22.3 Å². The first-order valence-corrected chi connectivity index (χ1v) is 18.4. The molecular formula is C52H35NO. The Kier molecular flexibility index (Phi) is 7.85. The average molecular weight is 690 g/mol. The van der Waals surface area contributed by atoms with Crippen LogP contribution in [-0.2, 0) is 0 Å². The lowest BCUT2D eigenvalue weighted by molar-refractivity contribution is 0.674. The van der Waals surface area contributed by atoms with Gasteiger partial charge in [-0.3, -0.25) is 0 Å². The van der Waals surface area contributed by atoms with Crippen molar-refractivity contribution in [2.75, 3.05) is 4.90 Å². The molecule has 0 radical (unpaired) electrons. The van der Waals surface area contributed by atoms with Crippen molar-refractivity contribution in [2.24, 2.45) is 0 Å². The molecule has 0 atom stereocenters. The molecule has 0 aliphatic rings. The van der Waals surface area contributed by atoms with Gasteiger partial charge in [0.1, 0.15) is 11.2 Å². The third-order valence-corrected chi connectivity index (χ3v) is 10.5. The third-order valence-electron chi connectivity index (χ3n) is 10.5. The summed E-state index contributed by atoms with van der Waals surface area (Å²) in [6, 6.07) is 75.7. The standard InChI is InChI=1S/C52H35NO/c1-5-15-36(16-6-1)38-25-29-42(30-26-38)53(43-31-27-39(28-32-43)37-17-7-2-8-18-37)49-35-48-50-44(40-19-9-3-10-20-40)33-34-45(41-21-11-4-12-22-41)52(50)54-51(48)47-24-14-13-23-46(47)49/h1-35H. The zero-order chi connectivity index (χ0) is 35.8. The van der Waals surface area contributed by atoms with E-state index >= 15 is 0 Å². The molecule has 9 aromatic carbocycles. The van der Waals surface area contributed by atoms with Crippen molar-refractivity contribution in [2.45, 2.75) is 0 Å². The Morgan fingerprint density at radius 2 is 0.704 bits per heavy atom. The summed E-state index contributed by atoms with van der Waals surface area (Å²) in [5.41, 5.74) is 14.3. The molecule has 0 bridgehead atoms. The highest BCUT2D eigenvalue weighted by atomic mass is 16.3. The van der Waals surface area contributed by atoms with E-state index in [2.05, 4.69) is 217 Å². The highest BCUT2D eigenvalue weighted by Crippen LogP contribution is 2.48. The van der Waals surface area contributed by atoms with Gasteiger partial charge in [0.15, 0.2) is 0 Å². The number of hydrogen-bond donors (Lipinski definition) is 0. The SMILES string of the molecule is c1ccc(-c2ccc(N(c3ccc(-c4ccccc4)cc3)c3cc4c(oc5c(-c6ccccc6)ccc(-c6ccccc6)c54)c4ccccc34)cc2)cc1. The summed E-state index contributed by atoms with van der Waals surface area (Å²) < 4.78 is 7.07. The predicted molar refractivity (Wildman–Crippen MR) is 228 cm³/mol. The first-order valence-electron chi connectivity index (χ1n) is 18.4. The monoisotopic (exact) mass is 689 g/mol. The summed E-state index contributed by atoms with van der Waals surface area (Å²) in [5, 5.41) is 4.39. The number of anilines is 3. The van der Waals surface area contributed by atoms with Gasteiger partial charge in [0, 0.05) is 38.5 Å². The van der Waals surface area contributed by atoms with E-state index in [9.17, 15) is 0 Å². The van der Waals surface area contributed by atoms with Crippen LogP contribution in [0.25, 0.3) is 77.2 Å². The lowest BCUT2D eigenvalue weighted by Gasteiger charge is -2.27. The number of benzene rings is 9. The fourth-order valence-corrected chi connectivity index (χ4v) is 7.87. The van der Waals surface area contributed by atoms with E-state index in [1.54, 1.807) is 0 Å². The van der Waals surface area contributed by atoms with Crippen LogP contribution in [0.5, 0.6) is 0 Å². The van der Waals surface area contributed by atoms with Crippen molar-refractivity contribution in [3.63, 3.8) is 0 Å². The van der Waals surface area contributed by atoms with Crippen LogP contribution in [-0.4, -0.2) is 0 Å². The summed E-state index contributed by atoms with van der Waals surface area (Å²) in [4.78, 5) is 2.40. The Balaban J connectivity index is 1.25. The molecule has 0 saturated carbocycles.